The SMILES string of the molecule is CCNC(CF)c1ccc(C)cc1. The molecule has 0 amide bonds. The minimum Gasteiger partial charge on any atom is -0.308 e. The highest BCUT2D eigenvalue weighted by atomic mass is 19.1. The van der Waals surface area contributed by atoms with Gasteiger partial charge in [-0.05, 0) is 19.0 Å². The first kappa shape index (κ1) is 10.2. The Morgan fingerprint density at radius 3 is 2.38 bits per heavy atom. The molecule has 1 N–H and O–H groups in total. The molecule has 0 aliphatic rings. The van der Waals surface area contributed by atoms with Crippen LogP contribution >= 0.6 is 0 Å². The van der Waals surface area contributed by atoms with Crippen molar-refractivity contribution in [3.05, 3.63) is 35.4 Å². The summed E-state index contributed by atoms with van der Waals surface area (Å²) in [5, 5.41) is 3.09. The number of nitrogens with one attached hydrogen (secondary N) is 1. The molecular weight excluding hydrogens is 165 g/mol. The maximum absolute atomic E-state index is 12.6. The highest BCUT2D eigenvalue weighted by Gasteiger charge is 2.08. The molecule has 72 valence electrons. The fraction of sp³-hybridized carbons (Fsp3) is 0.455. The van der Waals surface area contributed by atoms with E-state index < -0.39 is 0 Å². The zero-order valence-electron chi connectivity index (χ0n) is 8.18. The largest absolute Gasteiger partial charge is 0.308 e. The molecule has 0 heterocycles. The zero-order chi connectivity index (χ0) is 9.68. The van der Waals surface area contributed by atoms with E-state index in [1.807, 2.05) is 38.1 Å². The van der Waals surface area contributed by atoms with Gasteiger partial charge in [0.1, 0.15) is 6.67 Å². The Bertz CT molecular complexity index is 243. The summed E-state index contributed by atoms with van der Waals surface area (Å²) in [6, 6.07) is 7.82. The van der Waals surface area contributed by atoms with E-state index in [4.69, 9.17) is 0 Å². The van der Waals surface area contributed by atoms with Gasteiger partial charge in [0, 0.05) is 0 Å². The van der Waals surface area contributed by atoms with Crippen molar-refractivity contribution in [1.29, 1.82) is 0 Å². The number of alkyl halides is 1. The second kappa shape index (κ2) is 4.97. The summed E-state index contributed by atoms with van der Waals surface area (Å²) in [6.07, 6.45) is 0. The molecule has 0 spiro atoms. The van der Waals surface area contributed by atoms with Crippen molar-refractivity contribution < 1.29 is 4.39 Å². The van der Waals surface area contributed by atoms with Crippen molar-refractivity contribution in [2.75, 3.05) is 13.2 Å². The Kier molecular flexibility index (Phi) is 3.90. The first-order valence-corrected chi connectivity index (χ1v) is 4.63. The molecular formula is C11H16FN. The van der Waals surface area contributed by atoms with Crippen LogP contribution in [0.25, 0.3) is 0 Å². The monoisotopic (exact) mass is 181 g/mol. The molecule has 1 atom stereocenters. The number of halogens is 1. The maximum atomic E-state index is 12.6. The smallest absolute Gasteiger partial charge is 0.109 e. The van der Waals surface area contributed by atoms with Crippen molar-refractivity contribution in [2.45, 2.75) is 19.9 Å². The molecule has 2 heteroatoms. The van der Waals surface area contributed by atoms with E-state index in [-0.39, 0.29) is 12.7 Å². The minimum atomic E-state index is -0.350. The fourth-order valence-electron chi connectivity index (χ4n) is 1.31. The lowest BCUT2D eigenvalue weighted by molar-refractivity contribution is 0.387. The molecule has 0 aliphatic carbocycles. The molecule has 0 bridgehead atoms. The van der Waals surface area contributed by atoms with E-state index in [0.717, 1.165) is 12.1 Å². The Morgan fingerprint density at radius 2 is 1.92 bits per heavy atom. The van der Waals surface area contributed by atoms with Gasteiger partial charge in [0.25, 0.3) is 0 Å². The summed E-state index contributed by atoms with van der Waals surface area (Å²) < 4.78 is 12.6. The molecule has 1 aromatic carbocycles. The van der Waals surface area contributed by atoms with Gasteiger partial charge in [-0.1, -0.05) is 36.8 Å². The van der Waals surface area contributed by atoms with E-state index in [1.165, 1.54) is 5.56 Å². The average molecular weight is 181 g/mol. The molecule has 0 saturated heterocycles. The molecule has 1 aromatic rings. The first-order chi connectivity index (χ1) is 6.27. The number of rotatable bonds is 4. The van der Waals surface area contributed by atoms with Gasteiger partial charge in [0.15, 0.2) is 0 Å². The number of benzene rings is 1. The third kappa shape index (κ3) is 2.81. The highest BCUT2D eigenvalue weighted by molar-refractivity contribution is 5.24. The van der Waals surface area contributed by atoms with Crippen molar-refractivity contribution in [3.8, 4) is 0 Å². The van der Waals surface area contributed by atoms with Gasteiger partial charge < -0.3 is 5.32 Å². The molecule has 0 aromatic heterocycles. The van der Waals surface area contributed by atoms with E-state index in [1.54, 1.807) is 0 Å². The predicted octanol–water partition coefficient (Wildman–Crippen LogP) is 2.62. The second-order valence-electron chi connectivity index (χ2n) is 3.18. The van der Waals surface area contributed by atoms with Crippen LogP contribution in [0.1, 0.15) is 24.1 Å². The molecule has 1 nitrogen and oxygen atoms in total. The Morgan fingerprint density at radius 1 is 1.31 bits per heavy atom. The van der Waals surface area contributed by atoms with Crippen LogP contribution in [0.4, 0.5) is 4.39 Å². The Balaban J connectivity index is 2.73. The van der Waals surface area contributed by atoms with Crippen LogP contribution in [-0.4, -0.2) is 13.2 Å². The molecule has 1 unspecified atom stereocenters. The molecule has 0 fully saturated rings. The first-order valence-electron chi connectivity index (χ1n) is 4.63. The van der Waals surface area contributed by atoms with E-state index in [2.05, 4.69) is 5.32 Å². The van der Waals surface area contributed by atoms with E-state index in [9.17, 15) is 4.39 Å². The van der Waals surface area contributed by atoms with Gasteiger partial charge in [0.2, 0.25) is 0 Å². The third-order valence-corrected chi connectivity index (χ3v) is 2.08. The van der Waals surface area contributed by atoms with Gasteiger partial charge in [-0.3, -0.25) is 0 Å². The highest BCUT2D eigenvalue weighted by Crippen LogP contribution is 2.13. The number of hydrogen-bond donors (Lipinski definition) is 1. The third-order valence-electron chi connectivity index (χ3n) is 2.08. The quantitative estimate of drug-likeness (QED) is 0.753. The standard InChI is InChI=1S/C11H16FN/c1-3-13-11(8-12)10-6-4-9(2)5-7-10/h4-7,11,13H,3,8H2,1-2H3. The van der Waals surface area contributed by atoms with Crippen LogP contribution in [-0.2, 0) is 0 Å². The fourth-order valence-corrected chi connectivity index (χ4v) is 1.31. The van der Waals surface area contributed by atoms with Crippen molar-refractivity contribution in [2.24, 2.45) is 0 Å². The molecule has 0 radical (unpaired) electrons. The minimum absolute atomic E-state index is 0.148. The lowest BCUT2D eigenvalue weighted by Crippen LogP contribution is -2.22. The summed E-state index contributed by atoms with van der Waals surface area (Å²) in [6.45, 7) is 4.46. The molecule has 0 aliphatic heterocycles. The summed E-state index contributed by atoms with van der Waals surface area (Å²) >= 11 is 0. The average Bonchev–Trinajstić information content (AvgIpc) is 2.16. The topological polar surface area (TPSA) is 12.0 Å². The number of hydrogen-bond acceptors (Lipinski definition) is 1. The van der Waals surface area contributed by atoms with Crippen molar-refractivity contribution in [1.82, 2.24) is 5.32 Å². The molecule has 1 rings (SSSR count). The summed E-state index contributed by atoms with van der Waals surface area (Å²) in [5.74, 6) is 0. The van der Waals surface area contributed by atoms with Crippen LogP contribution in [0.15, 0.2) is 24.3 Å². The molecule has 0 saturated carbocycles. The lowest BCUT2D eigenvalue weighted by Gasteiger charge is -2.14. The van der Waals surface area contributed by atoms with Crippen LogP contribution in [0, 0.1) is 6.92 Å². The van der Waals surface area contributed by atoms with Crippen LogP contribution in [0.5, 0.6) is 0 Å². The van der Waals surface area contributed by atoms with Crippen LogP contribution < -0.4 is 5.32 Å². The van der Waals surface area contributed by atoms with Gasteiger partial charge in [-0.15, -0.1) is 0 Å². The van der Waals surface area contributed by atoms with Crippen molar-refractivity contribution in [3.63, 3.8) is 0 Å². The van der Waals surface area contributed by atoms with Gasteiger partial charge in [-0.25, -0.2) is 4.39 Å². The summed E-state index contributed by atoms with van der Waals surface area (Å²) in [7, 11) is 0. The van der Waals surface area contributed by atoms with Gasteiger partial charge in [0.05, 0.1) is 6.04 Å². The Hall–Kier alpha value is -0.890. The van der Waals surface area contributed by atoms with E-state index >= 15 is 0 Å². The lowest BCUT2D eigenvalue weighted by atomic mass is 10.1. The van der Waals surface area contributed by atoms with Gasteiger partial charge in [-0.2, -0.15) is 0 Å². The predicted molar refractivity (Wildman–Crippen MR) is 53.6 cm³/mol. The maximum Gasteiger partial charge on any atom is 0.109 e. The normalized spacial score (nSPS) is 12.8. The zero-order valence-corrected chi connectivity index (χ0v) is 8.18. The van der Waals surface area contributed by atoms with Crippen LogP contribution in [0.3, 0.4) is 0 Å². The summed E-state index contributed by atoms with van der Waals surface area (Å²) in [4.78, 5) is 0. The van der Waals surface area contributed by atoms with Crippen LogP contribution in [0.2, 0.25) is 0 Å². The second-order valence-corrected chi connectivity index (χ2v) is 3.18. The van der Waals surface area contributed by atoms with Gasteiger partial charge >= 0.3 is 0 Å². The van der Waals surface area contributed by atoms with E-state index in [0.29, 0.717) is 0 Å². The Labute approximate surface area is 79.0 Å². The van der Waals surface area contributed by atoms with Crippen molar-refractivity contribution >= 4 is 0 Å². The summed E-state index contributed by atoms with van der Waals surface area (Å²) in [5.41, 5.74) is 2.23. The number of aryl methyl sites for hydroxylation is 1. The molecule has 13 heavy (non-hydrogen) atoms.